The molecule has 0 radical (unpaired) electrons. The fourth-order valence-corrected chi connectivity index (χ4v) is 1.21. The second-order valence-electron chi connectivity index (χ2n) is 3.74. The maximum atomic E-state index is 10.6. The average Bonchev–Trinajstić information content (AvgIpc) is 1.99. The summed E-state index contributed by atoms with van der Waals surface area (Å²) in [6, 6.07) is 0. The van der Waals surface area contributed by atoms with E-state index in [1.54, 1.807) is 0 Å². The zero-order chi connectivity index (χ0) is 10.5. The summed E-state index contributed by atoms with van der Waals surface area (Å²) in [6.07, 6.45) is 3.59. The van der Waals surface area contributed by atoms with Gasteiger partial charge in [0.05, 0.1) is 6.42 Å². The molecular formula is C11H18O2. The lowest BCUT2D eigenvalue weighted by Gasteiger charge is -2.27. The van der Waals surface area contributed by atoms with Gasteiger partial charge < -0.3 is 5.11 Å². The van der Waals surface area contributed by atoms with Crippen LogP contribution in [0.4, 0.5) is 0 Å². The highest BCUT2D eigenvalue weighted by molar-refractivity contribution is 5.68. The summed E-state index contributed by atoms with van der Waals surface area (Å²) in [5.74, 6) is -0.769. The van der Waals surface area contributed by atoms with E-state index in [2.05, 4.69) is 13.2 Å². The molecule has 0 aliphatic rings. The van der Waals surface area contributed by atoms with Gasteiger partial charge in [0, 0.05) is 0 Å². The lowest BCUT2D eigenvalue weighted by Crippen LogP contribution is -2.21. The first-order valence-corrected chi connectivity index (χ1v) is 4.41. The first-order chi connectivity index (χ1) is 5.92. The molecule has 1 N–H and O–H groups in total. The van der Waals surface area contributed by atoms with Gasteiger partial charge in [-0.2, -0.15) is 0 Å². The van der Waals surface area contributed by atoms with Crippen LogP contribution in [-0.2, 0) is 4.79 Å². The molecule has 0 saturated carbocycles. The molecular weight excluding hydrogens is 164 g/mol. The summed E-state index contributed by atoms with van der Waals surface area (Å²) in [5, 5.41) is 8.73. The Balaban J connectivity index is 4.42. The van der Waals surface area contributed by atoms with E-state index in [0.29, 0.717) is 0 Å². The minimum atomic E-state index is -0.769. The number of aliphatic carboxylic acids is 1. The minimum absolute atomic E-state index is 0.149. The van der Waals surface area contributed by atoms with Gasteiger partial charge in [0.15, 0.2) is 0 Å². The molecule has 0 aliphatic carbocycles. The van der Waals surface area contributed by atoms with Crippen molar-refractivity contribution in [3.8, 4) is 0 Å². The SMILES string of the molecule is C=CCCC(C)(CC(=O)O)C(=C)C. The third-order valence-corrected chi connectivity index (χ3v) is 2.47. The zero-order valence-electron chi connectivity index (χ0n) is 8.47. The number of carboxylic acid groups (broad SMARTS) is 1. The number of allylic oxidation sites excluding steroid dienone is 2. The quantitative estimate of drug-likeness (QED) is 0.641. The molecule has 0 bridgehead atoms. The van der Waals surface area contributed by atoms with Gasteiger partial charge in [0.25, 0.3) is 0 Å². The number of rotatable bonds is 6. The van der Waals surface area contributed by atoms with Crippen molar-refractivity contribution in [1.82, 2.24) is 0 Å². The third kappa shape index (κ3) is 3.92. The Labute approximate surface area is 80.0 Å². The molecule has 2 heteroatoms. The Kier molecular flexibility index (Phi) is 4.46. The summed E-state index contributed by atoms with van der Waals surface area (Å²) in [7, 11) is 0. The monoisotopic (exact) mass is 182 g/mol. The molecule has 74 valence electrons. The van der Waals surface area contributed by atoms with Gasteiger partial charge in [0.1, 0.15) is 0 Å². The van der Waals surface area contributed by atoms with Crippen LogP contribution >= 0.6 is 0 Å². The predicted molar refractivity (Wildman–Crippen MR) is 54.6 cm³/mol. The molecule has 0 aromatic carbocycles. The van der Waals surface area contributed by atoms with Gasteiger partial charge >= 0.3 is 5.97 Å². The van der Waals surface area contributed by atoms with Gasteiger partial charge in [-0.25, -0.2) is 0 Å². The van der Waals surface area contributed by atoms with E-state index >= 15 is 0 Å². The van der Waals surface area contributed by atoms with E-state index in [0.717, 1.165) is 18.4 Å². The summed E-state index contributed by atoms with van der Waals surface area (Å²) >= 11 is 0. The highest BCUT2D eigenvalue weighted by atomic mass is 16.4. The molecule has 0 aliphatic heterocycles. The number of hydrogen-bond donors (Lipinski definition) is 1. The molecule has 0 aromatic heterocycles. The summed E-state index contributed by atoms with van der Waals surface area (Å²) in [5.41, 5.74) is 0.636. The Morgan fingerprint density at radius 2 is 2.15 bits per heavy atom. The second-order valence-corrected chi connectivity index (χ2v) is 3.74. The first kappa shape index (κ1) is 11.9. The summed E-state index contributed by atoms with van der Waals surface area (Å²) < 4.78 is 0. The topological polar surface area (TPSA) is 37.3 Å². The van der Waals surface area contributed by atoms with E-state index < -0.39 is 5.97 Å². The molecule has 1 atom stereocenters. The molecule has 0 amide bonds. The van der Waals surface area contributed by atoms with Crippen molar-refractivity contribution in [3.63, 3.8) is 0 Å². The number of hydrogen-bond acceptors (Lipinski definition) is 1. The Morgan fingerprint density at radius 1 is 1.62 bits per heavy atom. The Hall–Kier alpha value is -1.05. The van der Waals surface area contributed by atoms with E-state index in [1.165, 1.54) is 0 Å². The van der Waals surface area contributed by atoms with Crippen molar-refractivity contribution >= 4 is 5.97 Å². The van der Waals surface area contributed by atoms with E-state index in [9.17, 15) is 4.79 Å². The molecule has 0 aromatic rings. The third-order valence-electron chi connectivity index (χ3n) is 2.47. The fraction of sp³-hybridized carbons (Fsp3) is 0.545. The maximum absolute atomic E-state index is 10.6. The molecule has 0 heterocycles. The first-order valence-electron chi connectivity index (χ1n) is 4.41. The van der Waals surface area contributed by atoms with Crippen LogP contribution in [0, 0.1) is 5.41 Å². The van der Waals surface area contributed by atoms with Crippen LogP contribution < -0.4 is 0 Å². The smallest absolute Gasteiger partial charge is 0.304 e. The van der Waals surface area contributed by atoms with Crippen molar-refractivity contribution < 1.29 is 9.90 Å². The molecule has 1 unspecified atom stereocenters. The van der Waals surface area contributed by atoms with Crippen LogP contribution in [0.15, 0.2) is 24.8 Å². The predicted octanol–water partition coefficient (Wildman–Crippen LogP) is 3.01. The van der Waals surface area contributed by atoms with Crippen molar-refractivity contribution in [2.45, 2.75) is 33.1 Å². The highest BCUT2D eigenvalue weighted by Gasteiger charge is 2.27. The summed E-state index contributed by atoms with van der Waals surface area (Å²) in [6.45, 7) is 11.3. The minimum Gasteiger partial charge on any atom is -0.481 e. The Morgan fingerprint density at radius 3 is 2.46 bits per heavy atom. The molecule has 0 spiro atoms. The maximum Gasteiger partial charge on any atom is 0.304 e. The van der Waals surface area contributed by atoms with Crippen molar-refractivity contribution in [3.05, 3.63) is 24.8 Å². The van der Waals surface area contributed by atoms with E-state index in [4.69, 9.17) is 5.11 Å². The second kappa shape index (κ2) is 4.85. The van der Waals surface area contributed by atoms with Gasteiger partial charge in [0.2, 0.25) is 0 Å². The standard InChI is InChI=1S/C11H18O2/c1-5-6-7-11(4,9(2)3)8-10(12)13/h5H,1-2,6-8H2,3-4H3,(H,12,13). The molecule has 0 rings (SSSR count). The van der Waals surface area contributed by atoms with Gasteiger partial charge in [-0.05, 0) is 25.2 Å². The molecule has 2 nitrogen and oxygen atoms in total. The van der Waals surface area contributed by atoms with Crippen LogP contribution in [-0.4, -0.2) is 11.1 Å². The van der Waals surface area contributed by atoms with Gasteiger partial charge in [-0.1, -0.05) is 25.2 Å². The van der Waals surface area contributed by atoms with Crippen molar-refractivity contribution in [1.29, 1.82) is 0 Å². The molecule has 0 fully saturated rings. The van der Waals surface area contributed by atoms with Crippen LogP contribution in [0.3, 0.4) is 0 Å². The highest BCUT2D eigenvalue weighted by Crippen LogP contribution is 2.34. The van der Waals surface area contributed by atoms with E-state index in [-0.39, 0.29) is 11.8 Å². The molecule has 13 heavy (non-hydrogen) atoms. The number of carbonyl (C=O) groups is 1. The van der Waals surface area contributed by atoms with Crippen molar-refractivity contribution in [2.24, 2.45) is 5.41 Å². The Bertz CT molecular complexity index is 218. The van der Waals surface area contributed by atoms with Crippen molar-refractivity contribution in [2.75, 3.05) is 0 Å². The van der Waals surface area contributed by atoms with Crippen LogP contribution in [0.5, 0.6) is 0 Å². The van der Waals surface area contributed by atoms with E-state index in [1.807, 2.05) is 19.9 Å². The van der Waals surface area contributed by atoms with Crippen LogP contribution in [0.25, 0.3) is 0 Å². The zero-order valence-corrected chi connectivity index (χ0v) is 8.47. The lowest BCUT2D eigenvalue weighted by atomic mass is 9.77. The largest absolute Gasteiger partial charge is 0.481 e. The number of carboxylic acids is 1. The fourth-order valence-electron chi connectivity index (χ4n) is 1.21. The van der Waals surface area contributed by atoms with Gasteiger partial charge in [-0.15, -0.1) is 6.58 Å². The summed E-state index contributed by atoms with van der Waals surface area (Å²) in [4.78, 5) is 10.6. The lowest BCUT2D eigenvalue weighted by molar-refractivity contribution is -0.139. The van der Waals surface area contributed by atoms with Gasteiger partial charge in [-0.3, -0.25) is 4.79 Å². The average molecular weight is 182 g/mol. The van der Waals surface area contributed by atoms with Crippen LogP contribution in [0.2, 0.25) is 0 Å². The normalized spacial score (nSPS) is 14.6. The van der Waals surface area contributed by atoms with Crippen LogP contribution in [0.1, 0.15) is 33.1 Å². The molecule has 0 saturated heterocycles.